The number of alkyl halides is 3. The van der Waals surface area contributed by atoms with Crippen LogP contribution < -0.4 is 11.1 Å². The van der Waals surface area contributed by atoms with E-state index in [0.29, 0.717) is 58.3 Å². The number of rotatable bonds is 9. The van der Waals surface area contributed by atoms with Crippen molar-refractivity contribution in [2.75, 3.05) is 83.1 Å². The molecule has 2 aromatic carbocycles. The zero-order valence-corrected chi connectivity index (χ0v) is 31.7. The minimum atomic E-state index is -4.79. The van der Waals surface area contributed by atoms with Crippen LogP contribution >= 0.6 is 11.6 Å². The summed E-state index contributed by atoms with van der Waals surface area (Å²) in [5.74, 6) is -0.741. The van der Waals surface area contributed by atoms with Gasteiger partial charge in [0.15, 0.2) is 6.10 Å². The summed E-state index contributed by atoms with van der Waals surface area (Å²) in [6.45, 7) is 7.17. The number of carbonyl (C=O) groups excluding carboxylic acids is 4. The molecule has 0 bridgehead atoms. The van der Waals surface area contributed by atoms with E-state index in [9.17, 15) is 32.3 Å². The monoisotopic (exact) mass is 791 g/mol. The lowest BCUT2D eigenvalue weighted by Gasteiger charge is -2.43. The van der Waals surface area contributed by atoms with Crippen LogP contribution in [0.5, 0.6) is 0 Å². The molecule has 4 aliphatic rings. The van der Waals surface area contributed by atoms with Gasteiger partial charge in [0.25, 0.3) is 5.91 Å². The summed E-state index contributed by atoms with van der Waals surface area (Å²) in [6, 6.07) is 9.67. The molecule has 4 amide bonds. The van der Waals surface area contributed by atoms with Crippen LogP contribution in [0.4, 0.5) is 34.1 Å². The second-order valence-electron chi connectivity index (χ2n) is 14.5. The van der Waals surface area contributed by atoms with Crippen LogP contribution in [-0.2, 0) is 38.1 Å². The Hall–Kier alpha value is -4.28. The third-order valence-corrected chi connectivity index (χ3v) is 11.4. The highest BCUT2D eigenvalue weighted by atomic mass is 35.5. The summed E-state index contributed by atoms with van der Waals surface area (Å²) >= 11 is 6.13. The molecule has 0 aromatic heterocycles. The number of likely N-dealkylation sites (tertiary alicyclic amines) is 2. The first-order valence-electron chi connectivity index (χ1n) is 19.0. The number of piperazine rings is 1. The number of fused-ring (bicyclic) bond motifs is 1. The number of esters is 1. The second kappa shape index (κ2) is 17.7. The van der Waals surface area contributed by atoms with Crippen LogP contribution in [0.2, 0.25) is 5.02 Å². The highest BCUT2D eigenvalue weighted by Crippen LogP contribution is 2.38. The molecule has 4 heterocycles. The molecule has 2 aromatic rings. The fourth-order valence-electron chi connectivity index (χ4n) is 8.05. The molecule has 3 fully saturated rings. The van der Waals surface area contributed by atoms with Crippen LogP contribution in [0, 0.1) is 0 Å². The number of urea groups is 1. The number of nitrogens with two attached hydrogens (primary N) is 1. The molecular formula is C38H49ClF3N7O6. The van der Waals surface area contributed by atoms with E-state index in [1.807, 2.05) is 24.3 Å². The maximum absolute atomic E-state index is 14.1. The lowest BCUT2D eigenvalue weighted by Crippen LogP contribution is -2.55. The fourth-order valence-corrected chi connectivity index (χ4v) is 8.29. The molecule has 3 saturated heterocycles. The zero-order chi connectivity index (χ0) is 39.3. The Morgan fingerprint density at radius 1 is 0.927 bits per heavy atom. The summed E-state index contributed by atoms with van der Waals surface area (Å²) in [7, 11) is 0. The van der Waals surface area contributed by atoms with Crippen LogP contribution in [0.25, 0.3) is 0 Å². The molecule has 1 unspecified atom stereocenters. The van der Waals surface area contributed by atoms with E-state index in [4.69, 9.17) is 26.8 Å². The van der Waals surface area contributed by atoms with Crippen molar-refractivity contribution in [1.29, 1.82) is 0 Å². The minimum absolute atomic E-state index is 0.0557. The van der Waals surface area contributed by atoms with Gasteiger partial charge in [-0.15, -0.1) is 0 Å². The maximum Gasteiger partial charge on any atom is 0.418 e. The van der Waals surface area contributed by atoms with Gasteiger partial charge in [-0.2, -0.15) is 13.2 Å². The molecule has 0 radical (unpaired) electrons. The van der Waals surface area contributed by atoms with Gasteiger partial charge in [0.05, 0.1) is 29.4 Å². The van der Waals surface area contributed by atoms with Gasteiger partial charge >= 0.3 is 24.3 Å². The number of ether oxygens (including phenoxy) is 2. The van der Waals surface area contributed by atoms with E-state index in [1.165, 1.54) is 11.0 Å². The number of halogens is 4. The summed E-state index contributed by atoms with van der Waals surface area (Å²) in [5, 5.41) is 2.67. The van der Waals surface area contributed by atoms with Crippen molar-refractivity contribution >= 4 is 47.0 Å². The lowest BCUT2D eigenvalue weighted by atomic mass is 9.99. The van der Waals surface area contributed by atoms with Crippen LogP contribution in [0.1, 0.15) is 49.3 Å². The van der Waals surface area contributed by atoms with Crippen molar-refractivity contribution in [3.8, 4) is 0 Å². The highest BCUT2D eigenvalue weighted by molar-refractivity contribution is 6.33. The normalized spacial score (nSPS) is 20.0. The Labute approximate surface area is 323 Å². The molecule has 1 atom stereocenters. The number of nitrogens with one attached hydrogen (secondary N) is 1. The number of hydrogen-bond donors (Lipinski definition) is 2. The van der Waals surface area contributed by atoms with E-state index >= 15 is 0 Å². The summed E-state index contributed by atoms with van der Waals surface area (Å²) in [5.41, 5.74) is 5.81. The van der Waals surface area contributed by atoms with Gasteiger partial charge in [-0.05, 0) is 68.4 Å². The van der Waals surface area contributed by atoms with Gasteiger partial charge in [0.2, 0.25) is 0 Å². The number of piperidine rings is 2. The first kappa shape index (κ1) is 40.4. The fraction of sp³-hybridized carbons (Fsp3) is 0.579. The van der Waals surface area contributed by atoms with Crippen LogP contribution in [0.3, 0.4) is 0 Å². The molecule has 0 saturated carbocycles. The third-order valence-electron chi connectivity index (χ3n) is 11.1. The van der Waals surface area contributed by atoms with Gasteiger partial charge < -0.3 is 35.2 Å². The molecule has 300 valence electrons. The Morgan fingerprint density at radius 3 is 2.25 bits per heavy atom. The molecule has 0 aliphatic carbocycles. The summed E-state index contributed by atoms with van der Waals surface area (Å²) < 4.78 is 52.5. The number of amides is 4. The topological polar surface area (TPSA) is 141 Å². The molecule has 4 aliphatic heterocycles. The Morgan fingerprint density at radius 2 is 1.58 bits per heavy atom. The van der Waals surface area contributed by atoms with Gasteiger partial charge in [0.1, 0.15) is 0 Å². The average molecular weight is 792 g/mol. The van der Waals surface area contributed by atoms with Gasteiger partial charge in [0, 0.05) is 83.1 Å². The Bertz CT molecular complexity index is 1710. The number of hydrogen-bond acceptors (Lipinski definition) is 9. The van der Waals surface area contributed by atoms with Gasteiger partial charge in [-0.1, -0.05) is 29.8 Å². The van der Waals surface area contributed by atoms with Crippen molar-refractivity contribution in [3.63, 3.8) is 0 Å². The van der Waals surface area contributed by atoms with Crippen LogP contribution in [-0.4, -0.2) is 139 Å². The highest BCUT2D eigenvalue weighted by Gasteiger charge is 2.38. The van der Waals surface area contributed by atoms with Gasteiger partial charge in [-0.3, -0.25) is 19.4 Å². The number of para-hydroxylation sites is 1. The molecule has 13 nitrogen and oxygen atoms in total. The molecular weight excluding hydrogens is 743 g/mol. The van der Waals surface area contributed by atoms with Crippen molar-refractivity contribution in [2.24, 2.45) is 0 Å². The number of carbonyl (C=O) groups is 4. The van der Waals surface area contributed by atoms with E-state index in [1.54, 1.807) is 16.7 Å². The van der Waals surface area contributed by atoms with Crippen LogP contribution in [0.15, 0.2) is 36.4 Å². The second-order valence-corrected chi connectivity index (χ2v) is 14.9. The average Bonchev–Trinajstić information content (AvgIpc) is 3.33. The third kappa shape index (κ3) is 9.94. The maximum atomic E-state index is 14.1. The number of nitrogen functional groups attached to an aromatic ring is 1. The standard InChI is InChI=1S/C38H49ClF3N7O6/c1-2-54-33(50)24-45-17-19-46(20-18-45)27-8-12-47(13-9-27)35(51)32(23-25-21-29(38(40,41)42)34(43)30(39)22-25)55-37(53)48-14-10-28(11-15-48)49-16-7-26-5-3-4-6-31(26)44-36(49)52/h3-6,21-22,27-28,32H,2,7-20,23-24,43H2,1H3,(H,44,52). The Kier molecular flexibility index (Phi) is 13.0. The van der Waals surface area contributed by atoms with Crippen molar-refractivity contribution in [3.05, 3.63) is 58.1 Å². The predicted molar refractivity (Wildman–Crippen MR) is 200 cm³/mol. The first-order chi connectivity index (χ1) is 26.3. The number of nitrogens with zero attached hydrogens (tertiary/aromatic N) is 5. The minimum Gasteiger partial charge on any atom is -0.465 e. The summed E-state index contributed by atoms with van der Waals surface area (Å²) in [4.78, 5) is 62.1. The molecule has 6 rings (SSSR count). The molecule has 3 N–H and O–H groups in total. The van der Waals surface area contributed by atoms with Crippen molar-refractivity contribution in [1.82, 2.24) is 24.5 Å². The zero-order valence-electron chi connectivity index (χ0n) is 31.0. The van der Waals surface area contributed by atoms with E-state index in [-0.39, 0.29) is 60.7 Å². The van der Waals surface area contributed by atoms with Gasteiger partial charge in [-0.25, -0.2) is 9.59 Å². The number of benzene rings is 2. The SMILES string of the molecule is CCOC(=O)CN1CCN(C2CCN(C(=O)C(Cc3cc(Cl)c(N)c(C(F)(F)F)c3)OC(=O)N3CCC(N4CCc5ccccc5NC4=O)CC3)CC2)CC1. The first-order valence-corrected chi connectivity index (χ1v) is 19.4. The quantitative estimate of drug-likeness (QED) is 0.273. The van der Waals surface area contributed by atoms with E-state index < -0.39 is 35.5 Å². The molecule has 0 spiro atoms. The van der Waals surface area contributed by atoms with E-state index in [2.05, 4.69) is 15.1 Å². The molecule has 55 heavy (non-hydrogen) atoms. The smallest absolute Gasteiger partial charge is 0.418 e. The predicted octanol–water partition coefficient (Wildman–Crippen LogP) is 4.72. The largest absolute Gasteiger partial charge is 0.465 e. The van der Waals surface area contributed by atoms with Crippen molar-refractivity contribution in [2.45, 2.75) is 69.8 Å². The molecule has 17 heteroatoms. The van der Waals surface area contributed by atoms with Crippen molar-refractivity contribution < 1.29 is 41.8 Å². The lowest BCUT2D eigenvalue weighted by molar-refractivity contribution is -0.145. The Balaban J connectivity index is 1.09. The van der Waals surface area contributed by atoms with E-state index in [0.717, 1.165) is 43.5 Å². The number of anilines is 2. The summed E-state index contributed by atoms with van der Waals surface area (Å²) in [6.07, 6.45) is -4.28.